The Balaban J connectivity index is 2.00. The van der Waals surface area contributed by atoms with E-state index >= 15 is 0 Å². The quantitative estimate of drug-likeness (QED) is 0.259. The van der Waals surface area contributed by atoms with Crippen LogP contribution in [0.25, 0.3) is 0 Å². The zero-order valence-corrected chi connectivity index (χ0v) is 25.7. The molecule has 0 bridgehead atoms. The molecule has 0 fully saturated rings. The van der Waals surface area contributed by atoms with Gasteiger partial charge in [-0.05, 0) is 74.4 Å². The second-order valence-corrected chi connectivity index (χ2v) is 12.3. The van der Waals surface area contributed by atoms with Crippen LogP contribution >= 0.6 is 15.9 Å². The number of hydrogen-bond acceptors (Lipinski definition) is 5. The molecule has 2 amide bonds. The zero-order chi connectivity index (χ0) is 29.3. The summed E-state index contributed by atoms with van der Waals surface area (Å²) in [6.45, 7) is 5.68. The number of rotatable bonds is 13. The molecule has 214 valence electrons. The summed E-state index contributed by atoms with van der Waals surface area (Å²) in [7, 11) is -2.61. The first-order valence-electron chi connectivity index (χ1n) is 13.1. The van der Waals surface area contributed by atoms with Crippen LogP contribution in [0.2, 0.25) is 0 Å². The minimum absolute atomic E-state index is 0.0608. The number of aryl methyl sites for hydroxylation is 1. The monoisotopic (exact) mass is 629 g/mol. The van der Waals surface area contributed by atoms with E-state index in [4.69, 9.17) is 4.74 Å². The lowest BCUT2D eigenvalue weighted by atomic mass is 10.1. The Kier molecular flexibility index (Phi) is 11.2. The first kappa shape index (κ1) is 31.2. The van der Waals surface area contributed by atoms with Crippen molar-refractivity contribution in [2.75, 3.05) is 24.5 Å². The second kappa shape index (κ2) is 14.3. The first-order chi connectivity index (χ1) is 19.1. The number of nitrogens with one attached hydrogen (secondary N) is 1. The Labute approximate surface area is 245 Å². The number of amides is 2. The summed E-state index contributed by atoms with van der Waals surface area (Å²) in [6, 6.07) is 19.5. The molecule has 8 nitrogen and oxygen atoms in total. The molecule has 0 aliphatic rings. The predicted octanol–water partition coefficient (Wildman–Crippen LogP) is 5.30. The second-order valence-electron chi connectivity index (χ2n) is 9.49. The number of halogens is 1. The Bertz CT molecular complexity index is 1400. The van der Waals surface area contributed by atoms with Crippen molar-refractivity contribution < 1.29 is 22.7 Å². The van der Waals surface area contributed by atoms with Crippen LogP contribution in [0.15, 0.2) is 82.2 Å². The summed E-state index contributed by atoms with van der Waals surface area (Å²) < 4.78 is 34.9. The summed E-state index contributed by atoms with van der Waals surface area (Å²) in [4.78, 5) is 28.5. The topological polar surface area (TPSA) is 96.0 Å². The average molecular weight is 631 g/mol. The maximum Gasteiger partial charge on any atom is 0.264 e. The molecule has 3 aromatic carbocycles. The fourth-order valence-corrected chi connectivity index (χ4v) is 5.93. The highest BCUT2D eigenvalue weighted by atomic mass is 79.9. The van der Waals surface area contributed by atoms with Crippen molar-refractivity contribution in [1.29, 1.82) is 0 Å². The fourth-order valence-electron chi connectivity index (χ4n) is 4.07. The number of benzene rings is 3. The van der Waals surface area contributed by atoms with E-state index in [1.807, 2.05) is 38.1 Å². The number of carbonyl (C=O) groups excluding carboxylic acids is 2. The van der Waals surface area contributed by atoms with Gasteiger partial charge in [0.15, 0.2) is 0 Å². The molecule has 0 radical (unpaired) electrons. The van der Waals surface area contributed by atoms with E-state index in [0.29, 0.717) is 18.0 Å². The van der Waals surface area contributed by atoms with E-state index in [1.54, 1.807) is 43.3 Å². The van der Waals surface area contributed by atoms with E-state index in [-0.39, 0.29) is 17.3 Å². The third-order valence-electron chi connectivity index (χ3n) is 6.49. The van der Waals surface area contributed by atoms with Crippen molar-refractivity contribution in [2.45, 2.75) is 51.1 Å². The van der Waals surface area contributed by atoms with E-state index in [9.17, 15) is 18.0 Å². The fraction of sp³-hybridized carbons (Fsp3) is 0.333. The Morgan fingerprint density at radius 2 is 1.70 bits per heavy atom. The standard InChI is InChI=1S/C30H36BrN3O5S/c1-5-6-18-32-30(36)23(3)33(20-24-8-7-9-25(31)19-24)29(35)21-34(26-12-14-27(39-4)15-13-26)40(37,38)28-16-10-22(2)11-17-28/h7-17,19,23H,5-6,18,20-21H2,1-4H3,(H,32,36). The van der Waals surface area contributed by atoms with Crippen LogP contribution in [0.4, 0.5) is 5.69 Å². The molecule has 0 spiro atoms. The van der Waals surface area contributed by atoms with Crippen LogP contribution in [0.3, 0.4) is 0 Å². The summed E-state index contributed by atoms with van der Waals surface area (Å²) in [5.41, 5.74) is 2.01. The maximum absolute atomic E-state index is 14.0. The first-order valence-corrected chi connectivity index (χ1v) is 15.3. The van der Waals surface area contributed by atoms with E-state index < -0.39 is 28.5 Å². The number of ether oxygens (including phenoxy) is 1. The summed E-state index contributed by atoms with van der Waals surface area (Å²) in [5, 5.41) is 2.89. The minimum atomic E-state index is -4.13. The zero-order valence-electron chi connectivity index (χ0n) is 23.3. The number of methoxy groups -OCH3 is 1. The van der Waals surface area contributed by atoms with Crippen LogP contribution in [0.1, 0.15) is 37.8 Å². The van der Waals surface area contributed by atoms with Gasteiger partial charge in [-0.1, -0.05) is 59.1 Å². The van der Waals surface area contributed by atoms with Gasteiger partial charge in [0.2, 0.25) is 11.8 Å². The SMILES string of the molecule is CCCCNC(=O)C(C)N(Cc1cccc(Br)c1)C(=O)CN(c1ccc(OC)cc1)S(=O)(=O)c1ccc(C)cc1. The van der Waals surface area contributed by atoms with Crippen molar-refractivity contribution in [3.63, 3.8) is 0 Å². The van der Waals surface area contributed by atoms with Crippen LogP contribution in [-0.4, -0.2) is 51.4 Å². The summed E-state index contributed by atoms with van der Waals surface area (Å²) >= 11 is 3.46. The van der Waals surface area contributed by atoms with Gasteiger partial charge in [0.05, 0.1) is 17.7 Å². The molecular weight excluding hydrogens is 594 g/mol. The highest BCUT2D eigenvalue weighted by molar-refractivity contribution is 9.10. The van der Waals surface area contributed by atoms with Crippen molar-refractivity contribution in [3.05, 3.63) is 88.4 Å². The van der Waals surface area contributed by atoms with E-state index in [0.717, 1.165) is 32.7 Å². The molecule has 3 rings (SSSR count). The summed E-state index contributed by atoms with van der Waals surface area (Å²) in [5.74, 6) is -0.254. The number of carbonyl (C=O) groups is 2. The van der Waals surface area contributed by atoms with E-state index in [1.165, 1.54) is 24.1 Å². The van der Waals surface area contributed by atoms with Crippen LogP contribution < -0.4 is 14.4 Å². The average Bonchev–Trinajstić information content (AvgIpc) is 2.94. The third-order valence-corrected chi connectivity index (χ3v) is 8.77. The van der Waals surface area contributed by atoms with Crippen LogP contribution in [0, 0.1) is 6.92 Å². The molecule has 0 heterocycles. The van der Waals surface area contributed by atoms with Crippen LogP contribution in [-0.2, 0) is 26.2 Å². The van der Waals surface area contributed by atoms with Gasteiger partial charge in [0, 0.05) is 17.6 Å². The Hall–Kier alpha value is -3.37. The number of nitrogens with zero attached hydrogens (tertiary/aromatic N) is 2. The van der Waals surface area contributed by atoms with E-state index in [2.05, 4.69) is 21.2 Å². The van der Waals surface area contributed by atoms with Gasteiger partial charge in [-0.3, -0.25) is 13.9 Å². The number of sulfonamides is 1. The molecule has 1 N–H and O–H groups in total. The molecule has 0 aliphatic carbocycles. The molecule has 1 atom stereocenters. The lowest BCUT2D eigenvalue weighted by Crippen LogP contribution is -2.51. The molecule has 0 aliphatic heterocycles. The molecule has 10 heteroatoms. The number of unbranched alkanes of at least 4 members (excludes halogenated alkanes) is 1. The largest absolute Gasteiger partial charge is 0.497 e. The number of anilines is 1. The molecule has 3 aromatic rings. The molecular formula is C30H36BrN3O5S. The maximum atomic E-state index is 14.0. The molecule has 0 saturated heterocycles. The van der Waals surface area contributed by atoms with Crippen molar-refractivity contribution >= 4 is 43.5 Å². The lowest BCUT2D eigenvalue weighted by Gasteiger charge is -2.32. The van der Waals surface area contributed by atoms with Crippen molar-refractivity contribution in [3.8, 4) is 5.75 Å². The van der Waals surface area contributed by atoms with Gasteiger partial charge < -0.3 is 15.0 Å². The van der Waals surface area contributed by atoms with Gasteiger partial charge >= 0.3 is 0 Å². The van der Waals surface area contributed by atoms with Gasteiger partial charge in [-0.2, -0.15) is 0 Å². The summed E-state index contributed by atoms with van der Waals surface area (Å²) in [6.07, 6.45) is 1.74. The predicted molar refractivity (Wildman–Crippen MR) is 161 cm³/mol. The molecule has 0 saturated carbocycles. The smallest absolute Gasteiger partial charge is 0.264 e. The Morgan fingerprint density at radius 3 is 2.30 bits per heavy atom. The molecule has 0 aromatic heterocycles. The lowest BCUT2D eigenvalue weighted by molar-refractivity contribution is -0.139. The van der Waals surface area contributed by atoms with Crippen molar-refractivity contribution in [1.82, 2.24) is 10.2 Å². The van der Waals surface area contributed by atoms with Gasteiger partial charge in [-0.25, -0.2) is 8.42 Å². The highest BCUT2D eigenvalue weighted by Gasteiger charge is 2.32. The van der Waals surface area contributed by atoms with Crippen LogP contribution in [0.5, 0.6) is 5.75 Å². The third kappa shape index (κ3) is 8.08. The van der Waals surface area contributed by atoms with Crippen molar-refractivity contribution in [2.24, 2.45) is 0 Å². The minimum Gasteiger partial charge on any atom is -0.497 e. The molecule has 40 heavy (non-hydrogen) atoms. The number of hydrogen-bond donors (Lipinski definition) is 1. The molecule has 1 unspecified atom stereocenters. The Morgan fingerprint density at radius 1 is 1.02 bits per heavy atom. The van der Waals surface area contributed by atoms with Gasteiger partial charge in [0.25, 0.3) is 10.0 Å². The van der Waals surface area contributed by atoms with Gasteiger partial charge in [-0.15, -0.1) is 0 Å². The highest BCUT2D eigenvalue weighted by Crippen LogP contribution is 2.27. The van der Waals surface area contributed by atoms with Gasteiger partial charge in [0.1, 0.15) is 18.3 Å². The normalized spacial score (nSPS) is 11.9.